The molecule has 0 unspecified atom stereocenters. The molecule has 0 saturated carbocycles. The lowest BCUT2D eigenvalue weighted by molar-refractivity contribution is -0.135. The molecule has 1 fully saturated rings. The third-order valence-electron chi connectivity index (χ3n) is 5.12. The lowest BCUT2D eigenvalue weighted by Crippen LogP contribution is -2.39. The Hall–Kier alpha value is -2.76. The van der Waals surface area contributed by atoms with Crippen molar-refractivity contribution in [2.24, 2.45) is 5.92 Å². The van der Waals surface area contributed by atoms with Crippen LogP contribution in [-0.2, 0) is 4.79 Å². The van der Waals surface area contributed by atoms with Gasteiger partial charge in [0.15, 0.2) is 0 Å². The quantitative estimate of drug-likeness (QED) is 0.780. The van der Waals surface area contributed by atoms with Crippen molar-refractivity contribution in [3.63, 3.8) is 0 Å². The van der Waals surface area contributed by atoms with Gasteiger partial charge in [-0.05, 0) is 31.4 Å². The first-order chi connectivity index (χ1) is 12.7. The molecular formula is C20H22N4O2. The van der Waals surface area contributed by atoms with E-state index in [1.54, 1.807) is 11.1 Å². The highest BCUT2D eigenvalue weighted by atomic mass is 16.2. The van der Waals surface area contributed by atoms with Crippen LogP contribution in [0.5, 0.6) is 0 Å². The number of carbonyl (C=O) groups is 2. The van der Waals surface area contributed by atoms with E-state index in [1.165, 1.54) is 0 Å². The van der Waals surface area contributed by atoms with E-state index in [0.717, 1.165) is 30.3 Å². The Kier molecular flexibility index (Phi) is 4.65. The van der Waals surface area contributed by atoms with E-state index in [1.807, 2.05) is 29.2 Å². The highest BCUT2D eigenvalue weighted by Gasteiger charge is 2.28. The number of hydrogen-bond acceptors (Lipinski definition) is 4. The molecule has 26 heavy (non-hydrogen) atoms. The van der Waals surface area contributed by atoms with Gasteiger partial charge in [-0.15, -0.1) is 0 Å². The summed E-state index contributed by atoms with van der Waals surface area (Å²) >= 11 is 0. The number of hydrogen-bond donors (Lipinski definition) is 0. The van der Waals surface area contributed by atoms with Gasteiger partial charge in [-0.1, -0.05) is 24.3 Å². The van der Waals surface area contributed by atoms with Crippen molar-refractivity contribution in [1.82, 2.24) is 19.8 Å². The lowest BCUT2D eigenvalue weighted by Gasteiger charge is -2.24. The predicted molar refractivity (Wildman–Crippen MR) is 98.5 cm³/mol. The molecule has 1 saturated heterocycles. The van der Waals surface area contributed by atoms with Crippen molar-refractivity contribution in [2.45, 2.75) is 19.3 Å². The van der Waals surface area contributed by atoms with Crippen molar-refractivity contribution in [3.05, 3.63) is 48.3 Å². The van der Waals surface area contributed by atoms with Crippen LogP contribution in [0.2, 0.25) is 0 Å². The Balaban J connectivity index is 1.44. The Morgan fingerprint density at radius 3 is 2.42 bits per heavy atom. The van der Waals surface area contributed by atoms with Crippen LogP contribution in [0.15, 0.2) is 42.6 Å². The molecule has 0 bridgehead atoms. The fourth-order valence-corrected chi connectivity index (χ4v) is 3.64. The van der Waals surface area contributed by atoms with E-state index in [0.29, 0.717) is 31.9 Å². The Labute approximate surface area is 152 Å². The molecule has 0 spiro atoms. The number of aromatic nitrogens is 2. The Morgan fingerprint density at radius 1 is 0.923 bits per heavy atom. The van der Waals surface area contributed by atoms with E-state index in [-0.39, 0.29) is 17.7 Å². The van der Waals surface area contributed by atoms with Gasteiger partial charge in [-0.2, -0.15) is 0 Å². The van der Waals surface area contributed by atoms with Crippen LogP contribution in [-0.4, -0.2) is 57.8 Å². The number of amides is 2. The molecule has 0 atom stereocenters. The van der Waals surface area contributed by atoms with E-state index in [9.17, 15) is 9.59 Å². The third kappa shape index (κ3) is 3.31. The van der Waals surface area contributed by atoms with Crippen molar-refractivity contribution in [3.8, 4) is 0 Å². The second-order valence-corrected chi connectivity index (χ2v) is 6.85. The average Bonchev–Trinajstić information content (AvgIpc) is 3.11. The van der Waals surface area contributed by atoms with Gasteiger partial charge in [0.25, 0.3) is 5.91 Å². The fourth-order valence-electron chi connectivity index (χ4n) is 3.64. The Bertz CT molecular complexity index is 856. The first kappa shape index (κ1) is 16.7. The number of fused-ring (bicyclic) bond motifs is 1. The van der Waals surface area contributed by atoms with Crippen LogP contribution in [0.3, 0.4) is 0 Å². The number of benzene rings is 1. The molecule has 2 aromatic rings. The van der Waals surface area contributed by atoms with E-state index in [2.05, 4.69) is 22.1 Å². The van der Waals surface area contributed by atoms with Crippen LogP contribution >= 0.6 is 0 Å². The zero-order valence-corrected chi connectivity index (χ0v) is 14.7. The van der Waals surface area contributed by atoms with Gasteiger partial charge in [-0.3, -0.25) is 14.6 Å². The van der Waals surface area contributed by atoms with Gasteiger partial charge in [0, 0.05) is 32.1 Å². The number of carbonyl (C=O) groups excluding carboxylic acids is 2. The van der Waals surface area contributed by atoms with E-state index in [4.69, 9.17) is 0 Å². The van der Waals surface area contributed by atoms with Crippen molar-refractivity contribution in [2.75, 3.05) is 26.2 Å². The predicted octanol–water partition coefficient (Wildman–Crippen LogP) is 2.27. The first-order valence-electron chi connectivity index (χ1n) is 9.17. The second kappa shape index (κ2) is 7.23. The van der Waals surface area contributed by atoms with Gasteiger partial charge in [0.1, 0.15) is 5.69 Å². The molecular weight excluding hydrogens is 328 g/mol. The van der Waals surface area contributed by atoms with Crippen molar-refractivity contribution < 1.29 is 9.59 Å². The molecule has 2 aliphatic rings. The molecule has 1 aliphatic carbocycles. The van der Waals surface area contributed by atoms with Gasteiger partial charge in [0.05, 0.1) is 17.2 Å². The summed E-state index contributed by atoms with van der Waals surface area (Å²) in [5, 5.41) is 0. The molecule has 134 valence electrons. The molecule has 1 aromatic heterocycles. The summed E-state index contributed by atoms with van der Waals surface area (Å²) in [5.74, 6) is 0.193. The van der Waals surface area contributed by atoms with E-state index < -0.39 is 0 Å². The highest BCUT2D eigenvalue weighted by molar-refractivity contribution is 5.93. The maximum atomic E-state index is 12.8. The summed E-state index contributed by atoms with van der Waals surface area (Å²) in [7, 11) is 0. The molecule has 1 aliphatic heterocycles. The van der Waals surface area contributed by atoms with Crippen LogP contribution in [0.4, 0.5) is 0 Å². The van der Waals surface area contributed by atoms with Crippen molar-refractivity contribution in [1.29, 1.82) is 0 Å². The fraction of sp³-hybridized carbons (Fsp3) is 0.400. The SMILES string of the molecule is O=C(c1cnc2ccccc2n1)N1CCCN(C(=O)C2CC=CC2)CC1. The minimum Gasteiger partial charge on any atom is -0.341 e. The summed E-state index contributed by atoms with van der Waals surface area (Å²) in [5.41, 5.74) is 1.86. The molecule has 6 nitrogen and oxygen atoms in total. The van der Waals surface area contributed by atoms with Gasteiger partial charge in [0.2, 0.25) is 5.91 Å². The van der Waals surface area contributed by atoms with Crippen LogP contribution in [0.1, 0.15) is 29.8 Å². The van der Waals surface area contributed by atoms with Crippen LogP contribution in [0.25, 0.3) is 11.0 Å². The molecule has 0 N–H and O–H groups in total. The summed E-state index contributed by atoms with van der Waals surface area (Å²) in [4.78, 5) is 37.9. The second-order valence-electron chi connectivity index (χ2n) is 6.85. The molecule has 0 radical (unpaired) electrons. The maximum absolute atomic E-state index is 12.8. The summed E-state index contributed by atoms with van der Waals surface area (Å²) in [6.07, 6.45) is 8.17. The summed E-state index contributed by atoms with van der Waals surface area (Å²) < 4.78 is 0. The van der Waals surface area contributed by atoms with Crippen LogP contribution in [0, 0.1) is 5.92 Å². The first-order valence-corrected chi connectivity index (χ1v) is 9.17. The topological polar surface area (TPSA) is 66.4 Å². The summed E-state index contributed by atoms with van der Waals surface area (Å²) in [6, 6.07) is 7.53. The normalized spacial score (nSPS) is 18.3. The number of para-hydroxylation sites is 2. The largest absolute Gasteiger partial charge is 0.341 e. The van der Waals surface area contributed by atoms with Crippen LogP contribution < -0.4 is 0 Å². The highest BCUT2D eigenvalue weighted by Crippen LogP contribution is 2.21. The zero-order valence-electron chi connectivity index (χ0n) is 14.7. The van der Waals surface area contributed by atoms with E-state index >= 15 is 0 Å². The standard InChI is InChI=1S/C20H22N4O2/c25-19(15-6-1-2-7-15)23-10-5-11-24(13-12-23)20(26)18-14-21-16-8-3-4-9-17(16)22-18/h1-4,8-9,14-15H,5-7,10-13H2. The minimum atomic E-state index is -0.111. The molecule has 2 amide bonds. The summed E-state index contributed by atoms with van der Waals surface area (Å²) in [6.45, 7) is 2.48. The molecule has 2 heterocycles. The smallest absolute Gasteiger partial charge is 0.274 e. The molecule has 1 aromatic carbocycles. The van der Waals surface area contributed by atoms with Gasteiger partial charge < -0.3 is 9.80 Å². The van der Waals surface area contributed by atoms with Crippen molar-refractivity contribution >= 4 is 22.8 Å². The molecule has 6 heteroatoms. The van der Waals surface area contributed by atoms with Gasteiger partial charge >= 0.3 is 0 Å². The maximum Gasteiger partial charge on any atom is 0.274 e. The number of nitrogens with zero attached hydrogens (tertiary/aromatic N) is 4. The molecule has 4 rings (SSSR count). The number of allylic oxidation sites excluding steroid dienone is 2. The number of rotatable bonds is 2. The third-order valence-corrected chi connectivity index (χ3v) is 5.12. The average molecular weight is 350 g/mol. The monoisotopic (exact) mass is 350 g/mol. The van der Waals surface area contributed by atoms with Gasteiger partial charge in [-0.25, -0.2) is 4.98 Å². The Morgan fingerprint density at radius 2 is 1.62 bits per heavy atom. The minimum absolute atomic E-state index is 0.0867. The zero-order chi connectivity index (χ0) is 17.9. The lowest BCUT2D eigenvalue weighted by atomic mass is 10.1.